The van der Waals surface area contributed by atoms with Gasteiger partial charge in [0.1, 0.15) is 11.5 Å². The smallest absolute Gasteiger partial charge is 0.311 e. The van der Waals surface area contributed by atoms with E-state index in [2.05, 4.69) is 5.32 Å². The van der Waals surface area contributed by atoms with E-state index in [0.29, 0.717) is 23.6 Å². The number of anilines is 1. The van der Waals surface area contributed by atoms with Gasteiger partial charge in [-0.15, -0.1) is 0 Å². The minimum Gasteiger partial charge on any atom is -0.469 e. The molecule has 8 nitrogen and oxygen atoms in total. The average Bonchev–Trinajstić information content (AvgIpc) is 3.21. The molecule has 8 heteroatoms. The van der Waals surface area contributed by atoms with Crippen LogP contribution in [0.15, 0.2) is 71.3 Å². The summed E-state index contributed by atoms with van der Waals surface area (Å²) >= 11 is 0. The Kier molecular flexibility index (Phi) is 5.81. The highest BCUT2D eigenvalue weighted by atomic mass is 16.6. The van der Waals surface area contributed by atoms with Gasteiger partial charge in [-0.1, -0.05) is 6.07 Å². The number of carbonyl (C=O) groups excluding carboxylic acids is 2. The van der Waals surface area contributed by atoms with Crippen molar-refractivity contribution in [3.8, 4) is 5.75 Å². The first-order valence-electron chi connectivity index (χ1n) is 8.40. The summed E-state index contributed by atoms with van der Waals surface area (Å²) in [6, 6.07) is 15.2. The van der Waals surface area contributed by atoms with Crippen molar-refractivity contribution < 1.29 is 23.7 Å². The van der Waals surface area contributed by atoms with Crippen LogP contribution in [-0.4, -0.2) is 16.8 Å². The van der Waals surface area contributed by atoms with Crippen LogP contribution in [0.3, 0.4) is 0 Å². The Labute approximate surface area is 159 Å². The van der Waals surface area contributed by atoms with Gasteiger partial charge in [0.25, 0.3) is 11.6 Å². The highest BCUT2D eigenvalue weighted by Crippen LogP contribution is 2.19. The van der Waals surface area contributed by atoms with Gasteiger partial charge in [0.05, 0.1) is 17.6 Å². The Bertz CT molecular complexity index is 980. The molecular formula is C20H16N2O6. The normalized spacial score (nSPS) is 10.3. The molecule has 1 amide bonds. The summed E-state index contributed by atoms with van der Waals surface area (Å²) in [5, 5.41) is 13.4. The van der Waals surface area contributed by atoms with E-state index in [1.54, 1.807) is 42.7 Å². The van der Waals surface area contributed by atoms with Crippen molar-refractivity contribution in [1.82, 2.24) is 0 Å². The van der Waals surface area contributed by atoms with E-state index < -0.39 is 16.8 Å². The lowest BCUT2D eigenvalue weighted by molar-refractivity contribution is -0.384. The molecule has 3 aromatic rings. The molecular weight excluding hydrogens is 364 g/mol. The lowest BCUT2D eigenvalue weighted by atomic mass is 10.2. The zero-order valence-corrected chi connectivity index (χ0v) is 14.7. The van der Waals surface area contributed by atoms with E-state index in [-0.39, 0.29) is 17.7 Å². The number of nitro groups is 1. The van der Waals surface area contributed by atoms with Gasteiger partial charge in [0.2, 0.25) is 0 Å². The molecule has 0 aliphatic heterocycles. The summed E-state index contributed by atoms with van der Waals surface area (Å²) in [5.41, 5.74) is 0.471. The average molecular weight is 380 g/mol. The van der Waals surface area contributed by atoms with Crippen LogP contribution in [0.1, 0.15) is 22.5 Å². The molecule has 0 saturated carbocycles. The fourth-order valence-corrected chi connectivity index (χ4v) is 2.43. The SMILES string of the molecule is O=C(CCc1ccco1)Oc1ccc(NC(=O)c2cccc([N+](=O)[O-])c2)cc1. The lowest BCUT2D eigenvalue weighted by Crippen LogP contribution is -2.12. The van der Waals surface area contributed by atoms with Gasteiger partial charge in [-0.05, 0) is 42.5 Å². The molecule has 2 aromatic carbocycles. The third kappa shape index (κ3) is 5.04. The van der Waals surface area contributed by atoms with Crippen molar-refractivity contribution in [2.75, 3.05) is 5.32 Å². The number of nitro benzene ring substituents is 1. The van der Waals surface area contributed by atoms with Crippen molar-refractivity contribution >= 4 is 23.3 Å². The van der Waals surface area contributed by atoms with Crippen molar-refractivity contribution in [1.29, 1.82) is 0 Å². The highest BCUT2D eigenvalue weighted by molar-refractivity contribution is 6.04. The number of furan rings is 1. The standard InChI is InChI=1S/C20H16N2O6/c23-19(11-10-17-5-2-12-27-17)28-18-8-6-15(7-9-18)21-20(24)14-3-1-4-16(13-14)22(25)26/h1-9,12-13H,10-11H2,(H,21,24). The molecule has 0 atom stereocenters. The van der Waals surface area contributed by atoms with Crippen LogP contribution in [0.25, 0.3) is 0 Å². The number of rotatable bonds is 7. The van der Waals surface area contributed by atoms with Gasteiger partial charge >= 0.3 is 5.97 Å². The summed E-state index contributed by atoms with van der Waals surface area (Å²) in [6.07, 6.45) is 2.17. The fraction of sp³-hybridized carbons (Fsp3) is 0.100. The first-order valence-corrected chi connectivity index (χ1v) is 8.40. The predicted octanol–water partition coefficient (Wildman–Crippen LogP) is 3.98. The molecule has 1 aromatic heterocycles. The number of benzene rings is 2. The van der Waals surface area contributed by atoms with Crippen molar-refractivity contribution in [2.45, 2.75) is 12.8 Å². The Morgan fingerprint density at radius 3 is 2.54 bits per heavy atom. The summed E-state index contributed by atoms with van der Waals surface area (Å²) < 4.78 is 10.4. The summed E-state index contributed by atoms with van der Waals surface area (Å²) in [7, 11) is 0. The second-order valence-electron chi connectivity index (χ2n) is 5.84. The monoisotopic (exact) mass is 380 g/mol. The number of non-ortho nitro benzene ring substituents is 1. The van der Waals surface area contributed by atoms with Crippen LogP contribution in [0.5, 0.6) is 5.75 Å². The number of amides is 1. The minimum absolute atomic E-state index is 0.163. The molecule has 0 saturated heterocycles. The predicted molar refractivity (Wildman–Crippen MR) is 100 cm³/mol. The maximum atomic E-state index is 12.2. The van der Waals surface area contributed by atoms with Crippen molar-refractivity contribution in [3.05, 3.63) is 88.4 Å². The Balaban J connectivity index is 1.55. The first-order chi connectivity index (χ1) is 13.5. The summed E-state index contributed by atoms with van der Waals surface area (Å²) in [5.74, 6) is 0.172. The first kappa shape index (κ1) is 18.8. The number of esters is 1. The number of aryl methyl sites for hydroxylation is 1. The van der Waals surface area contributed by atoms with E-state index in [4.69, 9.17) is 9.15 Å². The fourth-order valence-electron chi connectivity index (χ4n) is 2.43. The van der Waals surface area contributed by atoms with Crippen LogP contribution < -0.4 is 10.1 Å². The molecule has 142 valence electrons. The highest BCUT2D eigenvalue weighted by Gasteiger charge is 2.12. The third-order valence-corrected chi connectivity index (χ3v) is 3.82. The topological polar surface area (TPSA) is 112 Å². The molecule has 0 radical (unpaired) electrons. The number of nitrogens with zero attached hydrogens (tertiary/aromatic N) is 1. The van der Waals surface area contributed by atoms with Gasteiger partial charge in [-0.3, -0.25) is 19.7 Å². The second-order valence-corrected chi connectivity index (χ2v) is 5.84. The lowest BCUT2D eigenvalue weighted by Gasteiger charge is -2.07. The van der Waals surface area contributed by atoms with Crippen LogP contribution >= 0.6 is 0 Å². The Morgan fingerprint density at radius 1 is 1.07 bits per heavy atom. The van der Waals surface area contributed by atoms with Crippen molar-refractivity contribution in [2.24, 2.45) is 0 Å². The minimum atomic E-state index is -0.564. The molecule has 28 heavy (non-hydrogen) atoms. The van der Waals surface area contributed by atoms with E-state index in [0.717, 1.165) is 0 Å². The van der Waals surface area contributed by atoms with Gasteiger partial charge < -0.3 is 14.5 Å². The number of nitrogens with one attached hydrogen (secondary N) is 1. The zero-order chi connectivity index (χ0) is 19.9. The summed E-state index contributed by atoms with van der Waals surface area (Å²) in [4.78, 5) is 34.3. The molecule has 0 bridgehead atoms. The van der Waals surface area contributed by atoms with E-state index in [1.165, 1.54) is 24.3 Å². The molecule has 3 rings (SSSR count). The molecule has 0 aliphatic rings. The molecule has 1 N–H and O–H groups in total. The second kappa shape index (κ2) is 8.63. The molecule has 0 unspecified atom stereocenters. The maximum Gasteiger partial charge on any atom is 0.311 e. The van der Waals surface area contributed by atoms with E-state index in [1.807, 2.05) is 0 Å². The number of hydrogen-bond donors (Lipinski definition) is 1. The van der Waals surface area contributed by atoms with Crippen molar-refractivity contribution in [3.63, 3.8) is 0 Å². The van der Waals surface area contributed by atoms with Crippen LogP contribution in [-0.2, 0) is 11.2 Å². The zero-order valence-electron chi connectivity index (χ0n) is 14.7. The molecule has 0 fully saturated rings. The quantitative estimate of drug-likeness (QED) is 0.287. The van der Waals surface area contributed by atoms with Gasteiger partial charge in [0, 0.05) is 29.8 Å². The van der Waals surface area contributed by atoms with Gasteiger partial charge in [0.15, 0.2) is 0 Å². The maximum absolute atomic E-state index is 12.2. The number of hydrogen-bond acceptors (Lipinski definition) is 6. The largest absolute Gasteiger partial charge is 0.469 e. The molecule has 1 heterocycles. The number of carbonyl (C=O) groups is 2. The molecule has 0 aliphatic carbocycles. The summed E-state index contributed by atoms with van der Waals surface area (Å²) in [6.45, 7) is 0. The Hall–Kier alpha value is -3.94. The number of ether oxygens (including phenoxy) is 1. The van der Waals surface area contributed by atoms with Gasteiger partial charge in [-0.25, -0.2) is 0 Å². The van der Waals surface area contributed by atoms with Crippen LogP contribution in [0, 0.1) is 10.1 Å². The molecule has 0 spiro atoms. The van der Waals surface area contributed by atoms with Gasteiger partial charge in [-0.2, -0.15) is 0 Å². The van der Waals surface area contributed by atoms with E-state index >= 15 is 0 Å². The Morgan fingerprint density at radius 2 is 1.86 bits per heavy atom. The van der Waals surface area contributed by atoms with Crippen LogP contribution in [0.2, 0.25) is 0 Å². The van der Waals surface area contributed by atoms with E-state index in [9.17, 15) is 19.7 Å². The third-order valence-electron chi connectivity index (χ3n) is 3.82. The van der Waals surface area contributed by atoms with Crippen LogP contribution in [0.4, 0.5) is 11.4 Å².